The smallest absolute Gasteiger partial charge is 0.0406 e. The Kier molecular flexibility index (Phi) is 6.50. The Hall–Kier alpha value is -0.890. The van der Waals surface area contributed by atoms with Crippen LogP contribution in [0.3, 0.4) is 0 Å². The number of aromatic nitrogens is 1. The van der Waals surface area contributed by atoms with E-state index >= 15 is 0 Å². The van der Waals surface area contributed by atoms with Crippen molar-refractivity contribution in [3.63, 3.8) is 0 Å². The van der Waals surface area contributed by atoms with Crippen LogP contribution in [0.15, 0.2) is 18.3 Å². The van der Waals surface area contributed by atoms with E-state index in [1.54, 1.807) is 0 Å². The molecule has 2 fully saturated rings. The molecule has 0 aromatic carbocycles. The molecule has 1 unspecified atom stereocenters. The van der Waals surface area contributed by atoms with Crippen LogP contribution in [0.5, 0.6) is 0 Å². The fourth-order valence-electron chi connectivity index (χ4n) is 3.89. The number of aryl methyl sites for hydroxylation is 2. The van der Waals surface area contributed by atoms with Crippen LogP contribution in [-0.4, -0.2) is 29.0 Å². The number of pyridine rings is 1. The second-order valence-corrected chi connectivity index (χ2v) is 7.83. The van der Waals surface area contributed by atoms with Gasteiger partial charge >= 0.3 is 0 Å². The highest BCUT2D eigenvalue weighted by atomic mass is 15.1. The minimum Gasteiger partial charge on any atom is -0.301 e. The molecule has 23 heavy (non-hydrogen) atoms. The molecular formula is C21H34N2. The molecule has 1 atom stereocenters. The lowest BCUT2D eigenvalue weighted by molar-refractivity contribution is 0.158. The van der Waals surface area contributed by atoms with E-state index in [1.807, 2.05) is 6.20 Å². The highest BCUT2D eigenvalue weighted by molar-refractivity contribution is 5.17. The second-order valence-electron chi connectivity index (χ2n) is 7.83. The fourth-order valence-corrected chi connectivity index (χ4v) is 3.89. The molecule has 1 saturated carbocycles. The van der Waals surface area contributed by atoms with Gasteiger partial charge in [-0.25, -0.2) is 0 Å². The normalized spacial score (nSPS) is 22.4. The van der Waals surface area contributed by atoms with Gasteiger partial charge in [0.15, 0.2) is 0 Å². The van der Waals surface area contributed by atoms with Gasteiger partial charge in [-0.1, -0.05) is 25.7 Å². The van der Waals surface area contributed by atoms with E-state index in [-0.39, 0.29) is 0 Å². The maximum atomic E-state index is 4.57. The Labute approximate surface area is 142 Å². The van der Waals surface area contributed by atoms with E-state index in [2.05, 4.69) is 28.9 Å². The number of piperidine rings is 1. The summed E-state index contributed by atoms with van der Waals surface area (Å²) in [6.07, 6.45) is 17.0. The van der Waals surface area contributed by atoms with Gasteiger partial charge in [0, 0.05) is 17.9 Å². The van der Waals surface area contributed by atoms with E-state index in [4.69, 9.17) is 0 Å². The first kappa shape index (κ1) is 17.0. The van der Waals surface area contributed by atoms with Gasteiger partial charge in [-0.3, -0.25) is 4.98 Å². The topological polar surface area (TPSA) is 16.1 Å². The molecule has 2 aliphatic rings. The van der Waals surface area contributed by atoms with Crippen molar-refractivity contribution in [3.05, 3.63) is 29.6 Å². The molecule has 0 N–H and O–H groups in total. The summed E-state index contributed by atoms with van der Waals surface area (Å²) in [6, 6.07) is 5.38. The van der Waals surface area contributed by atoms with Gasteiger partial charge in [0.05, 0.1) is 0 Å². The Morgan fingerprint density at radius 2 is 2.00 bits per heavy atom. The van der Waals surface area contributed by atoms with Crippen molar-refractivity contribution in [2.45, 2.75) is 83.6 Å². The minimum absolute atomic E-state index is 0.813. The number of hydrogen-bond donors (Lipinski definition) is 0. The van der Waals surface area contributed by atoms with Crippen LogP contribution in [0.4, 0.5) is 0 Å². The molecule has 1 aliphatic carbocycles. The summed E-state index contributed by atoms with van der Waals surface area (Å²) in [7, 11) is 0. The van der Waals surface area contributed by atoms with Crippen molar-refractivity contribution in [1.82, 2.24) is 9.88 Å². The lowest BCUT2D eigenvalue weighted by atomic mass is 10.0. The zero-order valence-corrected chi connectivity index (χ0v) is 15.0. The first-order valence-corrected chi connectivity index (χ1v) is 9.99. The zero-order chi connectivity index (χ0) is 15.9. The molecule has 2 heteroatoms. The van der Waals surface area contributed by atoms with Gasteiger partial charge in [-0.05, 0) is 88.6 Å². The maximum Gasteiger partial charge on any atom is 0.0406 e. The second kappa shape index (κ2) is 8.82. The molecule has 0 amide bonds. The fraction of sp³-hybridized carbons (Fsp3) is 0.762. The molecule has 0 spiro atoms. The van der Waals surface area contributed by atoms with Crippen molar-refractivity contribution >= 4 is 0 Å². The average Bonchev–Trinajstić information content (AvgIpc) is 3.39. The summed E-state index contributed by atoms with van der Waals surface area (Å²) in [5.74, 6) is 1.03. The van der Waals surface area contributed by atoms with Gasteiger partial charge in [0.2, 0.25) is 0 Å². The Balaban J connectivity index is 1.31. The van der Waals surface area contributed by atoms with Crippen LogP contribution in [-0.2, 0) is 12.8 Å². The van der Waals surface area contributed by atoms with Crippen molar-refractivity contribution in [2.24, 2.45) is 5.92 Å². The number of unbranched alkanes of at least 4 members (excludes halogenated alkanes) is 2. The molecule has 2 heterocycles. The summed E-state index contributed by atoms with van der Waals surface area (Å²) in [4.78, 5) is 7.27. The summed E-state index contributed by atoms with van der Waals surface area (Å²) >= 11 is 0. The van der Waals surface area contributed by atoms with Crippen LogP contribution in [0.2, 0.25) is 0 Å². The third-order valence-electron chi connectivity index (χ3n) is 5.74. The van der Waals surface area contributed by atoms with Crippen LogP contribution >= 0.6 is 0 Å². The summed E-state index contributed by atoms with van der Waals surface area (Å²) in [5, 5.41) is 0. The molecule has 0 radical (unpaired) electrons. The molecule has 1 saturated heterocycles. The predicted molar refractivity (Wildman–Crippen MR) is 97.7 cm³/mol. The molecule has 2 nitrogen and oxygen atoms in total. The van der Waals surface area contributed by atoms with Gasteiger partial charge in [0.1, 0.15) is 0 Å². The quantitative estimate of drug-likeness (QED) is 0.596. The Bertz CT molecular complexity index is 467. The molecule has 3 rings (SSSR count). The summed E-state index contributed by atoms with van der Waals surface area (Å²) in [5.41, 5.74) is 2.81. The Morgan fingerprint density at radius 3 is 2.83 bits per heavy atom. The van der Waals surface area contributed by atoms with Crippen LogP contribution in [0.1, 0.15) is 76.0 Å². The Morgan fingerprint density at radius 1 is 1.09 bits per heavy atom. The summed E-state index contributed by atoms with van der Waals surface area (Å²) in [6.45, 7) is 5.03. The SMILES string of the molecule is CC1CCCCN1CCCCCc1cc(CCC2CC2)ccn1. The lowest BCUT2D eigenvalue weighted by Gasteiger charge is -2.33. The minimum atomic E-state index is 0.813. The van der Waals surface area contributed by atoms with Gasteiger partial charge in [0.25, 0.3) is 0 Å². The number of hydrogen-bond acceptors (Lipinski definition) is 2. The van der Waals surface area contributed by atoms with Crippen molar-refractivity contribution in [2.75, 3.05) is 13.1 Å². The van der Waals surface area contributed by atoms with E-state index in [1.165, 1.54) is 88.6 Å². The molecular weight excluding hydrogens is 280 g/mol. The lowest BCUT2D eigenvalue weighted by Crippen LogP contribution is -2.37. The van der Waals surface area contributed by atoms with Crippen molar-refractivity contribution < 1.29 is 0 Å². The highest BCUT2D eigenvalue weighted by Gasteiger charge is 2.20. The predicted octanol–water partition coefficient (Wildman–Crippen LogP) is 5.01. The first-order chi connectivity index (χ1) is 11.3. The largest absolute Gasteiger partial charge is 0.301 e. The molecule has 1 aromatic heterocycles. The zero-order valence-electron chi connectivity index (χ0n) is 15.0. The number of likely N-dealkylation sites (tertiary alicyclic amines) is 1. The standard InChI is InChI=1S/C21H34N2/c1-18-7-4-6-16-23(18)15-5-2-3-8-21-17-20(13-14-22-21)12-11-19-9-10-19/h13-14,17-19H,2-12,15-16H2,1H3. The van der Waals surface area contributed by atoms with E-state index < -0.39 is 0 Å². The molecule has 1 aromatic rings. The van der Waals surface area contributed by atoms with Crippen molar-refractivity contribution in [3.8, 4) is 0 Å². The third kappa shape index (κ3) is 5.91. The molecule has 1 aliphatic heterocycles. The van der Waals surface area contributed by atoms with Crippen LogP contribution in [0, 0.1) is 5.92 Å². The van der Waals surface area contributed by atoms with Crippen LogP contribution in [0.25, 0.3) is 0 Å². The monoisotopic (exact) mass is 314 g/mol. The van der Waals surface area contributed by atoms with E-state index in [0.717, 1.165) is 18.4 Å². The van der Waals surface area contributed by atoms with E-state index in [9.17, 15) is 0 Å². The number of nitrogens with zero attached hydrogens (tertiary/aromatic N) is 2. The average molecular weight is 315 g/mol. The third-order valence-corrected chi connectivity index (χ3v) is 5.74. The molecule has 128 valence electrons. The highest BCUT2D eigenvalue weighted by Crippen LogP contribution is 2.33. The summed E-state index contributed by atoms with van der Waals surface area (Å²) < 4.78 is 0. The molecule has 0 bridgehead atoms. The van der Waals surface area contributed by atoms with Crippen LogP contribution < -0.4 is 0 Å². The number of rotatable bonds is 9. The van der Waals surface area contributed by atoms with Gasteiger partial charge < -0.3 is 4.90 Å². The van der Waals surface area contributed by atoms with E-state index in [0.29, 0.717) is 0 Å². The van der Waals surface area contributed by atoms with Gasteiger partial charge in [-0.2, -0.15) is 0 Å². The maximum absolute atomic E-state index is 4.57. The van der Waals surface area contributed by atoms with Gasteiger partial charge in [-0.15, -0.1) is 0 Å². The van der Waals surface area contributed by atoms with Crippen molar-refractivity contribution in [1.29, 1.82) is 0 Å². The first-order valence-electron chi connectivity index (χ1n) is 9.99.